The molecule has 0 atom stereocenters. The van der Waals surface area contributed by atoms with Crippen LogP contribution in [-0.2, 0) is 0 Å². The average Bonchev–Trinajstić information content (AvgIpc) is 2.49. The van der Waals surface area contributed by atoms with Crippen molar-refractivity contribution < 1.29 is 9.53 Å². The van der Waals surface area contributed by atoms with Crippen LogP contribution in [0.15, 0.2) is 54.6 Å². The minimum absolute atomic E-state index is 0.546. The third-order valence-corrected chi connectivity index (χ3v) is 2.64. The molecule has 5 nitrogen and oxygen atoms in total. The van der Waals surface area contributed by atoms with Gasteiger partial charge >= 0.3 is 6.03 Å². The Morgan fingerprint density at radius 2 is 1.70 bits per heavy atom. The molecule has 0 saturated carbocycles. The Morgan fingerprint density at radius 1 is 1.10 bits per heavy atom. The number of nitrogens with one attached hydrogen (secondary N) is 1. The Hall–Kier alpha value is -2.65. The van der Waals surface area contributed by atoms with E-state index in [-0.39, 0.29) is 0 Å². The Balaban J connectivity index is 2.00. The standard InChI is InChI=1S/C14H11N3O2S/c15-10-17(20)14(18)16-11-6-8-13(9-7-11)19-12-4-2-1-3-5-12/h1-9,20H,(H,16,18). The molecule has 0 bridgehead atoms. The van der Waals surface area contributed by atoms with E-state index in [2.05, 4.69) is 18.1 Å². The molecular weight excluding hydrogens is 274 g/mol. The van der Waals surface area contributed by atoms with E-state index in [4.69, 9.17) is 10.00 Å². The molecule has 100 valence electrons. The number of anilines is 1. The Labute approximate surface area is 121 Å². The highest BCUT2D eigenvalue weighted by Crippen LogP contribution is 2.22. The highest BCUT2D eigenvalue weighted by Gasteiger charge is 2.08. The molecule has 20 heavy (non-hydrogen) atoms. The van der Waals surface area contributed by atoms with Gasteiger partial charge in [-0.15, -0.1) is 0 Å². The van der Waals surface area contributed by atoms with Gasteiger partial charge in [-0.1, -0.05) is 18.2 Å². The summed E-state index contributed by atoms with van der Waals surface area (Å²) in [6.07, 6.45) is 1.59. The minimum atomic E-state index is -0.618. The first-order chi connectivity index (χ1) is 9.69. The summed E-state index contributed by atoms with van der Waals surface area (Å²) >= 11 is 3.68. The molecule has 2 rings (SSSR count). The molecule has 0 fully saturated rings. The van der Waals surface area contributed by atoms with Crippen LogP contribution in [0.1, 0.15) is 0 Å². The maximum atomic E-state index is 11.4. The molecule has 0 spiro atoms. The van der Waals surface area contributed by atoms with Crippen LogP contribution in [-0.4, -0.2) is 10.3 Å². The van der Waals surface area contributed by atoms with Gasteiger partial charge in [-0.05, 0) is 49.2 Å². The topological polar surface area (TPSA) is 65.4 Å². The number of para-hydroxylation sites is 1. The molecule has 1 N–H and O–H groups in total. The maximum Gasteiger partial charge on any atom is 0.345 e. The lowest BCUT2D eigenvalue weighted by atomic mass is 10.3. The van der Waals surface area contributed by atoms with Crippen LogP contribution in [0, 0.1) is 11.5 Å². The average molecular weight is 285 g/mol. The van der Waals surface area contributed by atoms with Gasteiger partial charge in [0, 0.05) is 5.69 Å². The fraction of sp³-hybridized carbons (Fsp3) is 0. The van der Waals surface area contributed by atoms with Crippen LogP contribution in [0.3, 0.4) is 0 Å². The van der Waals surface area contributed by atoms with Crippen LogP contribution in [0.4, 0.5) is 10.5 Å². The number of benzene rings is 2. The van der Waals surface area contributed by atoms with Gasteiger partial charge in [-0.2, -0.15) is 9.57 Å². The summed E-state index contributed by atoms with van der Waals surface area (Å²) in [4.78, 5) is 11.4. The fourth-order valence-corrected chi connectivity index (χ4v) is 1.50. The summed E-state index contributed by atoms with van der Waals surface area (Å²) < 4.78 is 6.22. The van der Waals surface area contributed by atoms with Gasteiger partial charge in [0.05, 0.1) is 0 Å². The molecule has 0 radical (unpaired) electrons. The van der Waals surface area contributed by atoms with Gasteiger partial charge in [0.25, 0.3) is 0 Å². The molecule has 0 saturated heterocycles. The highest BCUT2D eigenvalue weighted by molar-refractivity contribution is 7.78. The fourth-order valence-electron chi connectivity index (χ4n) is 1.45. The Bertz CT molecular complexity index is 623. The van der Waals surface area contributed by atoms with E-state index < -0.39 is 6.03 Å². The predicted octanol–water partition coefficient (Wildman–Crippen LogP) is 3.64. The van der Waals surface area contributed by atoms with Gasteiger partial charge in [0.2, 0.25) is 0 Å². The maximum absolute atomic E-state index is 11.4. The second kappa shape index (κ2) is 6.50. The van der Waals surface area contributed by atoms with Crippen LogP contribution in [0.5, 0.6) is 11.5 Å². The molecule has 2 aromatic carbocycles. The predicted molar refractivity (Wildman–Crippen MR) is 78.4 cm³/mol. The van der Waals surface area contributed by atoms with Crippen molar-refractivity contribution in [3.63, 3.8) is 0 Å². The Kier molecular flexibility index (Phi) is 4.47. The number of nitriles is 1. The molecule has 2 amide bonds. The van der Waals surface area contributed by atoms with Crippen molar-refractivity contribution in [2.24, 2.45) is 0 Å². The molecular formula is C14H11N3O2S. The van der Waals surface area contributed by atoms with Crippen LogP contribution < -0.4 is 10.1 Å². The number of hydrogen-bond acceptors (Lipinski definition) is 4. The molecule has 6 heteroatoms. The monoisotopic (exact) mass is 285 g/mol. The second-order valence-corrected chi connectivity index (χ2v) is 4.18. The second-order valence-electron chi connectivity index (χ2n) is 3.78. The zero-order chi connectivity index (χ0) is 14.4. The minimum Gasteiger partial charge on any atom is -0.457 e. The van der Waals surface area contributed by atoms with E-state index in [9.17, 15) is 4.79 Å². The number of rotatable bonds is 3. The van der Waals surface area contributed by atoms with Crippen LogP contribution in [0.2, 0.25) is 0 Å². The lowest BCUT2D eigenvalue weighted by Crippen LogP contribution is -2.22. The largest absolute Gasteiger partial charge is 0.457 e. The van der Waals surface area contributed by atoms with Crippen molar-refractivity contribution in [1.29, 1.82) is 5.26 Å². The zero-order valence-corrected chi connectivity index (χ0v) is 11.2. The van der Waals surface area contributed by atoms with Gasteiger partial charge in [0.1, 0.15) is 11.5 Å². The zero-order valence-electron chi connectivity index (χ0n) is 10.4. The summed E-state index contributed by atoms with van der Waals surface area (Å²) in [6, 6.07) is 15.5. The van der Waals surface area contributed by atoms with Gasteiger partial charge < -0.3 is 10.1 Å². The number of hydrogen-bond donors (Lipinski definition) is 2. The first-order valence-corrected chi connectivity index (χ1v) is 6.12. The molecule has 2 aromatic rings. The van der Waals surface area contributed by atoms with Crippen molar-refractivity contribution in [3.8, 4) is 17.7 Å². The van der Waals surface area contributed by atoms with Gasteiger partial charge in [0.15, 0.2) is 6.19 Å². The van der Waals surface area contributed by atoms with Crippen molar-refractivity contribution >= 4 is 24.5 Å². The smallest absolute Gasteiger partial charge is 0.345 e. The summed E-state index contributed by atoms with van der Waals surface area (Å²) in [5.74, 6) is 1.38. The quantitative estimate of drug-likeness (QED) is 0.514. The number of nitrogens with zero attached hydrogens (tertiary/aromatic N) is 2. The number of thiol groups is 1. The highest BCUT2D eigenvalue weighted by atomic mass is 32.1. The van der Waals surface area contributed by atoms with E-state index in [1.807, 2.05) is 30.3 Å². The number of carbonyl (C=O) groups excluding carboxylic acids is 1. The number of amides is 2. The molecule has 0 aliphatic heterocycles. The van der Waals surface area contributed by atoms with E-state index in [1.54, 1.807) is 30.5 Å². The third kappa shape index (κ3) is 3.67. The molecule has 0 aliphatic rings. The molecule has 0 unspecified atom stereocenters. The number of carbonyl (C=O) groups is 1. The summed E-state index contributed by atoms with van der Waals surface area (Å²) in [5, 5.41) is 11.0. The van der Waals surface area contributed by atoms with E-state index >= 15 is 0 Å². The summed E-state index contributed by atoms with van der Waals surface area (Å²) in [6.45, 7) is 0. The van der Waals surface area contributed by atoms with Crippen molar-refractivity contribution in [1.82, 2.24) is 4.31 Å². The number of urea groups is 1. The normalized spacial score (nSPS) is 9.40. The number of ether oxygens (including phenoxy) is 1. The lowest BCUT2D eigenvalue weighted by molar-refractivity contribution is 0.246. The first-order valence-electron chi connectivity index (χ1n) is 5.72. The molecule has 0 aromatic heterocycles. The third-order valence-electron chi connectivity index (χ3n) is 2.37. The molecule has 0 heterocycles. The van der Waals surface area contributed by atoms with Gasteiger partial charge in [-0.3, -0.25) is 0 Å². The van der Waals surface area contributed by atoms with E-state index in [0.29, 0.717) is 15.7 Å². The summed E-state index contributed by atoms with van der Waals surface area (Å²) in [5.41, 5.74) is 0.546. The van der Waals surface area contributed by atoms with E-state index in [0.717, 1.165) is 5.75 Å². The van der Waals surface area contributed by atoms with Gasteiger partial charge in [-0.25, -0.2) is 4.79 Å². The SMILES string of the molecule is N#CN(S)C(=O)Nc1ccc(Oc2ccccc2)cc1. The van der Waals surface area contributed by atoms with Crippen LogP contribution >= 0.6 is 12.8 Å². The van der Waals surface area contributed by atoms with Crippen molar-refractivity contribution in [2.75, 3.05) is 5.32 Å². The van der Waals surface area contributed by atoms with Crippen molar-refractivity contribution in [3.05, 3.63) is 54.6 Å². The van der Waals surface area contributed by atoms with Crippen LogP contribution in [0.25, 0.3) is 0 Å². The lowest BCUT2D eigenvalue weighted by Gasteiger charge is -2.09. The van der Waals surface area contributed by atoms with Crippen molar-refractivity contribution in [2.45, 2.75) is 0 Å². The first kappa shape index (κ1) is 13.8. The molecule has 0 aliphatic carbocycles. The summed E-state index contributed by atoms with van der Waals surface area (Å²) in [7, 11) is 0. The Morgan fingerprint density at radius 3 is 2.30 bits per heavy atom. The van der Waals surface area contributed by atoms with E-state index in [1.165, 1.54) is 0 Å².